The van der Waals surface area contributed by atoms with E-state index in [0.717, 1.165) is 11.1 Å². The second kappa shape index (κ2) is 14.5. The highest BCUT2D eigenvalue weighted by molar-refractivity contribution is 6.35. The standard InChI is InChI=1S/C26H34N4O6/c1-17(2)35-10-6-9-27-25(32)26(33)30-28-15-20-7-8-22(23(14-20)34-5)36-16-24(31)29-21-12-18(3)11-19(4)13-21/h7-8,11-15,17H,6,9-10,16H2,1-5H3,(H,27,32)(H,29,31)(H,30,33)/b28-15-. The Balaban J connectivity index is 1.83. The lowest BCUT2D eigenvalue weighted by Crippen LogP contribution is -2.38. The third-order valence-corrected chi connectivity index (χ3v) is 4.70. The second-order valence-electron chi connectivity index (χ2n) is 8.35. The third kappa shape index (κ3) is 10.1. The predicted octanol–water partition coefficient (Wildman–Crippen LogP) is 2.71. The maximum Gasteiger partial charge on any atom is 0.329 e. The molecule has 0 aromatic heterocycles. The Morgan fingerprint density at radius 1 is 1.00 bits per heavy atom. The van der Waals surface area contributed by atoms with Crippen molar-refractivity contribution < 1.29 is 28.6 Å². The van der Waals surface area contributed by atoms with Crippen LogP contribution in [0.5, 0.6) is 11.5 Å². The van der Waals surface area contributed by atoms with Crippen molar-refractivity contribution in [2.24, 2.45) is 5.10 Å². The summed E-state index contributed by atoms with van der Waals surface area (Å²) >= 11 is 0. The summed E-state index contributed by atoms with van der Waals surface area (Å²) in [4.78, 5) is 35.9. The molecule has 10 nitrogen and oxygen atoms in total. The van der Waals surface area contributed by atoms with Crippen LogP contribution in [0.1, 0.15) is 37.0 Å². The molecule has 0 heterocycles. The summed E-state index contributed by atoms with van der Waals surface area (Å²) in [5, 5.41) is 9.11. The molecule has 3 amide bonds. The van der Waals surface area contributed by atoms with Gasteiger partial charge in [-0.2, -0.15) is 5.10 Å². The van der Waals surface area contributed by atoms with Gasteiger partial charge in [0.25, 0.3) is 5.91 Å². The molecule has 0 spiro atoms. The van der Waals surface area contributed by atoms with Crippen LogP contribution >= 0.6 is 0 Å². The highest BCUT2D eigenvalue weighted by atomic mass is 16.5. The van der Waals surface area contributed by atoms with Gasteiger partial charge < -0.3 is 24.8 Å². The summed E-state index contributed by atoms with van der Waals surface area (Å²) < 4.78 is 16.3. The largest absolute Gasteiger partial charge is 0.493 e. The zero-order chi connectivity index (χ0) is 26.5. The Bertz CT molecular complexity index is 1060. The molecule has 0 unspecified atom stereocenters. The quantitative estimate of drug-likeness (QED) is 0.179. The fourth-order valence-corrected chi connectivity index (χ4v) is 3.16. The molecule has 10 heteroatoms. The van der Waals surface area contributed by atoms with Crippen LogP contribution in [-0.2, 0) is 19.1 Å². The number of hydrazone groups is 1. The molecule has 0 aliphatic carbocycles. The van der Waals surface area contributed by atoms with Crippen LogP contribution in [0.3, 0.4) is 0 Å². The van der Waals surface area contributed by atoms with Crippen LogP contribution in [0.15, 0.2) is 41.5 Å². The molecule has 2 rings (SSSR count). The number of ether oxygens (including phenoxy) is 3. The minimum atomic E-state index is -0.877. The van der Waals surface area contributed by atoms with Gasteiger partial charge in [0.1, 0.15) is 0 Å². The van der Waals surface area contributed by atoms with Gasteiger partial charge in [0, 0.05) is 18.8 Å². The first-order valence-corrected chi connectivity index (χ1v) is 11.6. The monoisotopic (exact) mass is 498 g/mol. The number of benzene rings is 2. The van der Waals surface area contributed by atoms with E-state index in [0.29, 0.717) is 42.3 Å². The van der Waals surface area contributed by atoms with E-state index in [9.17, 15) is 14.4 Å². The fourth-order valence-electron chi connectivity index (χ4n) is 3.16. The number of anilines is 1. The van der Waals surface area contributed by atoms with Crippen molar-refractivity contribution in [2.75, 3.05) is 32.2 Å². The van der Waals surface area contributed by atoms with Crippen molar-refractivity contribution in [2.45, 2.75) is 40.2 Å². The van der Waals surface area contributed by atoms with Gasteiger partial charge in [0.15, 0.2) is 18.1 Å². The molecule has 0 aliphatic rings. The number of nitrogens with zero attached hydrogens (tertiary/aromatic N) is 1. The SMILES string of the molecule is COc1cc(/C=N\NC(=O)C(=O)NCCCOC(C)C)ccc1OCC(=O)Nc1cc(C)cc(C)c1. The maximum atomic E-state index is 12.3. The number of carbonyl (C=O) groups excluding carboxylic acids is 3. The van der Waals surface area contributed by atoms with E-state index in [2.05, 4.69) is 21.2 Å². The van der Waals surface area contributed by atoms with Gasteiger partial charge in [-0.05, 0) is 81.1 Å². The van der Waals surface area contributed by atoms with Crippen LogP contribution in [-0.4, -0.2) is 56.9 Å². The van der Waals surface area contributed by atoms with Crippen molar-refractivity contribution in [3.05, 3.63) is 53.1 Å². The number of hydrogen-bond acceptors (Lipinski definition) is 7. The number of methoxy groups -OCH3 is 1. The van der Waals surface area contributed by atoms with E-state index in [1.165, 1.54) is 13.3 Å². The first kappa shape index (κ1) is 28.3. The van der Waals surface area contributed by atoms with Gasteiger partial charge in [0.05, 0.1) is 19.4 Å². The van der Waals surface area contributed by atoms with Crippen molar-refractivity contribution in [3.8, 4) is 11.5 Å². The molecule has 0 radical (unpaired) electrons. The summed E-state index contributed by atoms with van der Waals surface area (Å²) in [5.74, 6) is -1.21. The zero-order valence-electron chi connectivity index (χ0n) is 21.3. The van der Waals surface area contributed by atoms with Crippen LogP contribution in [0, 0.1) is 13.8 Å². The van der Waals surface area contributed by atoms with Crippen LogP contribution in [0.25, 0.3) is 0 Å². The molecule has 0 fully saturated rings. The number of aryl methyl sites for hydroxylation is 2. The summed E-state index contributed by atoms with van der Waals surface area (Å²) in [6.07, 6.45) is 2.08. The molecule has 0 aliphatic heterocycles. The molecule has 0 saturated carbocycles. The molecule has 0 atom stereocenters. The van der Waals surface area contributed by atoms with Gasteiger partial charge in [-0.1, -0.05) is 6.07 Å². The first-order valence-electron chi connectivity index (χ1n) is 11.6. The Morgan fingerprint density at radius 3 is 2.39 bits per heavy atom. The Labute approximate surface area is 211 Å². The summed E-state index contributed by atoms with van der Waals surface area (Å²) in [6.45, 7) is 8.38. The molecule has 2 aromatic rings. The molecule has 36 heavy (non-hydrogen) atoms. The highest BCUT2D eigenvalue weighted by Gasteiger charge is 2.12. The van der Waals surface area contributed by atoms with Crippen LogP contribution < -0.4 is 25.5 Å². The number of rotatable bonds is 12. The number of amides is 3. The van der Waals surface area contributed by atoms with Crippen molar-refractivity contribution in [1.29, 1.82) is 0 Å². The Kier molecular flexibility index (Phi) is 11.4. The van der Waals surface area contributed by atoms with E-state index < -0.39 is 11.8 Å². The predicted molar refractivity (Wildman–Crippen MR) is 137 cm³/mol. The zero-order valence-corrected chi connectivity index (χ0v) is 21.3. The number of hydrogen-bond donors (Lipinski definition) is 3. The highest BCUT2D eigenvalue weighted by Crippen LogP contribution is 2.27. The van der Waals surface area contributed by atoms with Crippen molar-refractivity contribution in [3.63, 3.8) is 0 Å². The van der Waals surface area contributed by atoms with Crippen LogP contribution in [0.4, 0.5) is 5.69 Å². The first-order chi connectivity index (χ1) is 17.2. The molecular formula is C26H34N4O6. The number of carbonyl (C=O) groups is 3. The Hall–Kier alpha value is -3.92. The third-order valence-electron chi connectivity index (χ3n) is 4.70. The van der Waals surface area contributed by atoms with E-state index in [1.807, 2.05) is 45.9 Å². The minimum absolute atomic E-state index is 0.116. The lowest BCUT2D eigenvalue weighted by atomic mass is 10.1. The van der Waals surface area contributed by atoms with E-state index >= 15 is 0 Å². The van der Waals surface area contributed by atoms with Gasteiger partial charge in [-0.3, -0.25) is 14.4 Å². The normalized spacial score (nSPS) is 10.8. The van der Waals surface area contributed by atoms with Gasteiger partial charge in [-0.25, -0.2) is 5.43 Å². The maximum absolute atomic E-state index is 12.3. The van der Waals surface area contributed by atoms with Crippen molar-refractivity contribution in [1.82, 2.24) is 10.7 Å². The van der Waals surface area contributed by atoms with E-state index in [1.54, 1.807) is 18.2 Å². The fraction of sp³-hybridized carbons (Fsp3) is 0.385. The molecular weight excluding hydrogens is 464 g/mol. The Morgan fingerprint density at radius 2 is 1.72 bits per heavy atom. The second-order valence-corrected chi connectivity index (χ2v) is 8.35. The van der Waals surface area contributed by atoms with Gasteiger partial charge in [-0.15, -0.1) is 0 Å². The van der Waals surface area contributed by atoms with Crippen molar-refractivity contribution >= 4 is 29.6 Å². The van der Waals surface area contributed by atoms with E-state index in [-0.39, 0.29) is 18.6 Å². The van der Waals surface area contributed by atoms with Gasteiger partial charge in [0.2, 0.25) is 0 Å². The molecule has 0 saturated heterocycles. The van der Waals surface area contributed by atoms with Gasteiger partial charge >= 0.3 is 11.8 Å². The summed E-state index contributed by atoms with van der Waals surface area (Å²) in [5.41, 5.74) is 5.57. The lowest BCUT2D eigenvalue weighted by Gasteiger charge is -2.12. The molecule has 194 valence electrons. The lowest BCUT2D eigenvalue weighted by molar-refractivity contribution is -0.139. The molecule has 0 bridgehead atoms. The smallest absolute Gasteiger partial charge is 0.329 e. The average molecular weight is 499 g/mol. The van der Waals surface area contributed by atoms with Crippen LogP contribution in [0.2, 0.25) is 0 Å². The number of nitrogens with one attached hydrogen (secondary N) is 3. The molecule has 3 N–H and O–H groups in total. The summed E-state index contributed by atoms with van der Waals surface area (Å²) in [7, 11) is 1.47. The average Bonchev–Trinajstić information content (AvgIpc) is 2.81. The molecule has 2 aromatic carbocycles. The topological polar surface area (TPSA) is 127 Å². The van der Waals surface area contributed by atoms with E-state index in [4.69, 9.17) is 14.2 Å². The minimum Gasteiger partial charge on any atom is -0.493 e. The summed E-state index contributed by atoms with van der Waals surface area (Å²) in [6, 6.07) is 10.7.